The Morgan fingerprint density at radius 3 is 2.50 bits per heavy atom. The maximum Gasteiger partial charge on any atom is 0.337 e. The van der Waals surface area contributed by atoms with Gasteiger partial charge in [0.05, 0.1) is 18.2 Å². The van der Waals surface area contributed by atoms with Gasteiger partial charge < -0.3 is 9.30 Å². The van der Waals surface area contributed by atoms with Crippen molar-refractivity contribution in [2.24, 2.45) is 0 Å². The molecule has 0 spiro atoms. The fourth-order valence-electron chi connectivity index (χ4n) is 2.32. The van der Waals surface area contributed by atoms with E-state index < -0.39 is 0 Å². The maximum absolute atomic E-state index is 11.5. The minimum absolute atomic E-state index is 0.310. The largest absolute Gasteiger partial charge is 0.465 e. The highest BCUT2D eigenvalue weighted by molar-refractivity contribution is 5.95. The first-order chi connectivity index (χ1) is 9.69. The standard InChI is InChI=1S/C17H15NO2/c1-12-3-6-15(7-4-12)18-10-9-13-11-14(17(19)20-2)5-8-16(13)18/h3-11H,1-2H3. The Morgan fingerprint density at radius 1 is 1.05 bits per heavy atom. The molecule has 0 amide bonds. The molecule has 0 atom stereocenters. The normalized spacial score (nSPS) is 10.7. The zero-order valence-corrected chi connectivity index (χ0v) is 11.5. The molecule has 3 aromatic rings. The van der Waals surface area contributed by atoms with Gasteiger partial charge in [0, 0.05) is 17.3 Å². The Labute approximate surface area is 117 Å². The summed E-state index contributed by atoms with van der Waals surface area (Å²) in [5.74, 6) is -0.310. The minimum Gasteiger partial charge on any atom is -0.465 e. The molecule has 0 aliphatic heterocycles. The van der Waals surface area contributed by atoms with Gasteiger partial charge in [0.2, 0.25) is 0 Å². The number of carbonyl (C=O) groups excluding carboxylic acids is 1. The summed E-state index contributed by atoms with van der Waals surface area (Å²) in [6, 6.07) is 15.9. The van der Waals surface area contributed by atoms with Crippen molar-refractivity contribution in [2.75, 3.05) is 7.11 Å². The lowest BCUT2D eigenvalue weighted by molar-refractivity contribution is 0.0601. The van der Waals surface area contributed by atoms with E-state index in [9.17, 15) is 4.79 Å². The number of hydrogen-bond acceptors (Lipinski definition) is 2. The zero-order valence-electron chi connectivity index (χ0n) is 11.5. The van der Waals surface area contributed by atoms with E-state index in [2.05, 4.69) is 35.8 Å². The van der Waals surface area contributed by atoms with Gasteiger partial charge >= 0.3 is 5.97 Å². The third-order valence-electron chi connectivity index (χ3n) is 3.42. The van der Waals surface area contributed by atoms with Gasteiger partial charge in [-0.05, 0) is 43.3 Å². The number of methoxy groups -OCH3 is 1. The Bertz CT molecular complexity index is 769. The van der Waals surface area contributed by atoms with Crippen LogP contribution in [-0.4, -0.2) is 17.6 Å². The molecule has 0 N–H and O–H groups in total. The van der Waals surface area contributed by atoms with Crippen LogP contribution in [0.5, 0.6) is 0 Å². The van der Waals surface area contributed by atoms with Crippen LogP contribution in [0.3, 0.4) is 0 Å². The van der Waals surface area contributed by atoms with E-state index in [1.807, 2.05) is 24.4 Å². The van der Waals surface area contributed by atoms with E-state index in [4.69, 9.17) is 4.74 Å². The SMILES string of the molecule is COC(=O)c1ccc2c(ccn2-c2ccc(C)cc2)c1. The molecule has 3 rings (SSSR count). The van der Waals surface area contributed by atoms with Gasteiger partial charge in [0.1, 0.15) is 0 Å². The Hall–Kier alpha value is -2.55. The number of fused-ring (bicyclic) bond motifs is 1. The number of benzene rings is 2. The predicted molar refractivity (Wildman–Crippen MR) is 79.4 cm³/mol. The Kier molecular flexibility index (Phi) is 3.03. The van der Waals surface area contributed by atoms with Crippen LogP contribution in [0.1, 0.15) is 15.9 Å². The number of ether oxygens (including phenoxy) is 1. The fraction of sp³-hybridized carbons (Fsp3) is 0.118. The van der Waals surface area contributed by atoms with Crippen molar-refractivity contribution in [3.63, 3.8) is 0 Å². The van der Waals surface area contributed by atoms with Crippen molar-refractivity contribution in [1.29, 1.82) is 0 Å². The first kappa shape index (κ1) is 12.5. The first-order valence-corrected chi connectivity index (χ1v) is 6.45. The highest BCUT2D eigenvalue weighted by Gasteiger charge is 2.08. The molecule has 1 aromatic heterocycles. The molecular formula is C17H15NO2. The summed E-state index contributed by atoms with van der Waals surface area (Å²) >= 11 is 0. The number of carbonyl (C=O) groups is 1. The molecule has 0 aliphatic carbocycles. The van der Waals surface area contributed by atoms with Crippen LogP contribution in [0.15, 0.2) is 54.7 Å². The van der Waals surface area contributed by atoms with Gasteiger partial charge in [-0.1, -0.05) is 17.7 Å². The third-order valence-corrected chi connectivity index (χ3v) is 3.42. The van der Waals surface area contributed by atoms with Gasteiger partial charge in [-0.15, -0.1) is 0 Å². The topological polar surface area (TPSA) is 31.2 Å². The third kappa shape index (κ3) is 2.07. The van der Waals surface area contributed by atoms with Gasteiger partial charge in [-0.25, -0.2) is 4.79 Å². The Morgan fingerprint density at radius 2 is 1.80 bits per heavy atom. The second-order valence-electron chi connectivity index (χ2n) is 4.79. The van der Waals surface area contributed by atoms with E-state index in [-0.39, 0.29) is 5.97 Å². The average Bonchev–Trinajstić information content (AvgIpc) is 2.90. The van der Waals surface area contributed by atoms with E-state index in [0.717, 1.165) is 16.6 Å². The van der Waals surface area contributed by atoms with Crippen LogP contribution >= 0.6 is 0 Å². The first-order valence-electron chi connectivity index (χ1n) is 6.45. The second-order valence-corrected chi connectivity index (χ2v) is 4.79. The lowest BCUT2D eigenvalue weighted by Gasteiger charge is -2.06. The molecule has 20 heavy (non-hydrogen) atoms. The van der Waals surface area contributed by atoms with E-state index >= 15 is 0 Å². The van der Waals surface area contributed by atoms with Crippen LogP contribution in [0.4, 0.5) is 0 Å². The minimum atomic E-state index is -0.310. The zero-order chi connectivity index (χ0) is 14.1. The number of rotatable bonds is 2. The highest BCUT2D eigenvalue weighted by atomic mass is 16.5. The van der Waals surface area contributed by atoms with Crippen molar-refractivity contribution in [2.45, 2.75) is 6.92 Å². The summed E-state index contributed by atoms with van der Waals surface area (Å²) in [7, 11) is 1.39. The second kappa shape index (κ2) is 4.85. The molecular weight excluding hydrogens is 250 g/mol. The van der Waals surface area contributed by atoms with Crippen LogP contribution in [-0.2, 0) is 4.74 Å². The van der Waals surface area contributed by atoms with Crippen molar-refractivity contribution >= 4 is 16.9 Å². The molecule has 100 valence electrons. The molecule has 1 heterocycles. The monoisotopic (exact) mass is 265 g/mol. The maximum atomic E-state index is 11.5. The number of nitrogens with zero attached hydrogens (tertiary/aromatic N) is 1. The summed E-state index contributed by atoms with van der Waals surface area (Å²) in [4.78, 5) is 11.5. The molecule has 0 unspecified atom stereocenters. The van der Waals surface area contributed by atoms with Crippen molar-refractivity contribution in [3.8, 4) is 5.69 Å². The summed E-state index contributed by atoms with van der Waals surface area (Å²) < 4.78 is 6.85. The van der Waals surface area contributed by atoms with Gasteiger partial charge in [-0.2, -0.15) is 0 Å². The number of aromatic nitrogens is 1. The summed E-state index contributed by atoms with van der Waals surface area (Å²) in [5.41, 5.74) is 3.98. The van der Waals surface area contributed by atoms with Crippen molar-refractivity contribution < 1.29 is 9.53 Å². The molecule has 0 fully saturated rings. The summed E-state index contributed by atoms with van der Waals surface area (Å²) in [6.45, 7) is 2.07. The molecule has 3 nitrogen and oxygen atoms in total. The molecule has 0 bridgehead atoms. The van der Waals surface area contributed by atoms with Crippen molar-refractivity contribution in [3.05, 3.63) is 65.9 Å². The molecule has 3 heteroatoms. The smallest absolute Gasteiger partial charge is 0.337 e. The van der Waals surface area contributed by atoms with Crippen LogP contribution in [0.2, 0.25) is 0 Å². The van der Waals surface area contributed by atoms with E-state index in [1.165, 1.54) is 12.7 Å². The number of aryl methyl sites for hydroxylation is 1. The van der Waals surface area contributed by atoms with Gasteiger partial charge in [0.25, 0.3) is 0 Å². The molecule has 0 radical (unpaired) electrons. The molecule has 0 aliphatic rings. The van der Waals surface area contributed by atoms with Gasteiger partial charge in [0.15, 0.2) is 0 Å². The fourth-order valence-corrected chi connectivity index (χ4v) is 2.32. The molecule has 0 saturated carbocycles. The predicted octanol–water partition coefficient (Wildman–Crippen LogP) is 3.73. The van der Waals surface area contributed by atoms with Crippen LogP contribution < -0.4 is 0 Å². The van der Waals surface area contributed by atoms with Crippen LogP contribution in [0, 0.1) is 6.92 Å². The summed E-state index contributed by atoms with van der Waals surface area (Å²) in [5, 5.41) is 1.02. The molecule has 0 saturated heterocycles. The number of hydrogen-bond donors (Lipinski definition) is 0. The number of esters is 1. The average molecular weight is 265 g/mol. The summed E-state index contributed by atoms with van der Waals surface area (Å²) in [6.07, 6.45) is 2.01. The van der Waals surface area contributed by atoms with E-state index in [1.54, 1.807) is 6.07 Å². The Balaban J connectivity index is 2.10. The lowest BCUT2D eigenvalue weighted by Crippen LogP contribution is -2.00. The lowest BCUT2D eigenvalue weighted by atomic mass is 10.1. The molecule has 2 aromatic carbocycles. The van der Waals surface area contributed by atoms with Gasteiger partial charge in [-0.3, -0.25) is 0 Å². The van der Waals surface area contributed by atoms with E-state index in [0.29, 0.717) is 5.56 Å². The van der Waals surface area contributed by atoms with Crippen molar-refractivity contribution in [1.82, 2.24) is 4.57 Å². The quantitative estimate of drug-likeness (QED) is 0.661. The highest BCUT2D eigenvalue weighted by Crippen LogP contribution is 2.22. The van der Waals surface area contributed by atoms with Crippen LogP contribution in [0.25, 0.3) is 16.6 Å².